The number of carbonyl (C=O) groups excluding carboxylic acids is 2. The van der Waals surface area contributed by atoms with Gasteiger partial charge in [0.05, 0.1) is 0 Å². The van der Waals surface area contributed by atoms with Crippen LogP contribution in [0.4, 0.5) is 0 Å². The zero-order valence-electron chi connectivity index (χ0n) is 16.7. The Kier molecular flexibility index (Phi) is 9.71. The molecule has 0 unspecified atom stereocenters. The first-order valence-electron chi connectivity index (χ1n) is 9.48. The second-order valence-corrected chi connectivity index (χ2v) is 6.90. The molecule has 0 bridgehead atoms. The molecular weight excluding hydrogens is 328 g/mol. The van der Waals surface area contributed by atoms with E-state index in [9.17, 15) is 9.59 Å². The SMILES string of the molecule is CCCCCCc1ccc(C=C(C(C)C)C(OC(C)=O)OC(C)=O)cc1. The predicted molar refractivity (Wildman–Crippen MR) is 104 cm³/mol. The minimum atomic E-state index is -0.987. The van der Waals surface area contributed by atoms with Crippen molar-refractivity contribution >= 4 is 18.0 Å². The minimum Gasteiger partial charge on any atom is -0.421 e. The molecule has 0 aliphatic heterocycles. The van der Waals surface area contributed by atoms with Gasteiger partial charge in [0.25, 0.3) is 6.29 Å². The van der Waals surface area contributed by atoms with Gasteiger partial charge in [-0.2, -0.15) is 0 Å². The van der Waals surface area contributed by atoms with Crippen LogP contribution in [0.1, 0.15) is 71.4 Å². The van der Waals surface area contributed by atoms with Gasteiger partial charge in [-0.1, -0.05) is 64.3 Å². The second kappa shape index (κ2) is 11.5. The number of aryl methyl sites for hydroxylation is 1. The van der Waals surface area contributed by atoms with E-state index in [0.29, 0.717) is 0 Å². The Labute approximate surface area is 157 Å². The number of benzene rings is 1. The number of unbranched alkanes of at least 4 members (excludes halogenated alkanes) is 3. The summed E-state index contributed by atoms with van der Waals surface area (Å²) in [5.41, 5.74) is 3.07. The van der Waals surface area contributed by atoms with Gasteiger partial charge in [-0.25, -0.2) is 0 Å². The average molecular weight is 360 g/mol. The molecule has 144 valence electrons. The highest BCUT2D eigenvalue weighted by Crippen LogP contribution is 2.23. The quantitative estimate of drug-likeness (QED) is 0.323. The van der Waals surface area contributed by atoms with Crippen molar-refractivity contribution < 1.29 is 19.1 Å². The molecule has 0 aliphatic rings. The van der Waals surface area contributed by atoms with Crippen molar-refractivity contribution in [3.8, 4) is 0 Å². The van der Waals surface area contributed by atoms with Crippen LogP contribution < -0.4 is 0 Å². The van der Waals surface area contributed by atoms with E-state index >= 15 is 0 Å². The Morgan fingerprint density at radius 3 is 2.00 bits per heavy atom. The summed E-state index contributed by atoms with van der Waals surface area (Å²) in [6.07, 6.45) is 7.04. The van der Waals surface area contributed by atoms with E-state index in [2.05, 4.69) is 31.2 Å². The van der Waals surface area contributed by atoms with E-state index in [1.54, 1.807) is 0 Å². The summed E-state index contributed by atoms with van der Waals surface area (Å²) in [4.78, 5) is 22.7. The van der Waals surface area contributed by atoms with Crippen LogP contribution in [0.25, 0.3) is 6.08 Å². The summed E-state index contributed by atoms with van der Waals surface area (Å²) >= 11 is 0. The molecule has 0 saturated carbocycles. The van der Waals surface area contributed by atoms with Gasteiger partial charge in [-0.3, -0.25) is 9.59 Å². The smallest absolute Gasteiger partial charge is 0.305 e. The molecule has 0 aromatic heterocycles. The van der Waals surface area contributed by atoms with Crippen molar-refractivity contribution in [3.05, 3.63) is 41.0 Å². The number of hydrogen-bond donors (Lipinski definition) is 0. The first-order chi connectivity index (χ1) is 12.3. The van der Waals surface area contributed by atoms with Crippen molar-refractivity contribution in [3.63, 3.8) is 0 Å². The summed E-state index contributed by atoms with van der Waals surface area (Å²) < 4.78 is 10.4. The first kappa shape index (κ1) is 21.9. The fraction of sp³-hybridized carbons (Fsp3) is 0.545. The molecule has 1 aromatic carbocycles. The third-order valence-corrected chi connectivity index (χ3v) is 4.12. The molecule has 1 rings (SSSR count). The third-order valence-electron chi connectivity index (χ3n) is 4.12. The molecular formula is C22H32O4. The maximum Gasteiger partial charge on any atom is 0.305 e. The monoisotopic (exact) mass is 360 g/mol. The predicted octanol–water partition coefficient (Wildman–Crippen LogP) is 5.30. The van der Waals surface area contributed by atoms with Gasteiger partial charge in [-0.05, 0) is 36.0 Å². The number of hydrogen-bond acceptors (Lipinski definition) is 4. The largest absolute Gasteiger partial charge is 0.421 e. The molecule has 0 atom stereocenters. The normalized spacial score (nSPS) is 11.7. The van der Waals surface area contributed by atoms with Crippen molar-refractivity contribution in [1.29, 1.82) is 0 Å². The summed E-state index contributed by atoms with van der Waals surface area (Å²) in [5.74, 6) is -0.900. The zero-order valence-corrected chi connectivity index (χ0v) is 16.7. The summed E-state index contributed by atoms with van der Waals surface area (Å²) in [7, 11) is 0. The van der Waals surface area contributed by atoms with Crippen LogP contribution in [0, 0.1) is 5.92 Å². The fourth-order valence-electron chi connectivity index (χ4n) is 2.70. The van der Waals surface area contributed by atoms with E-state index < -0.39 is 18.2 Å². The summed E-state index contributed by atoms with van der Waals surface area (Å²) in [5, 5.41) is 0. The maximum absolute atomic E-state index is 11.4. The molecule has 0 saturated heterocycles. The van der Waals surface area contributed by atoms with Crippen LogP contribution in [0.2, 0.25) is 0 Å². The lowest BCUT2D eigenvalue weighted by atomic mass is 9.98. The molecule has 0 fully saturated rings. The van der Waals surface area contributed by atoms with Crippen LogP contribution in [0.5, 0.6) is 0 Å². The van der Waals surface area contributed by atoms with Crippen molar-refractivity contribution in [1.82, 2.24) is 0 Å². The van der Waals surface area contributed by atoms with Crippen molar-refractivity contribution in [2.45, 2.75) is 73.0 Å². The first-order valence-corrected chi connectivity index (χ1v) is 9.48. The number of rotatable bonds is 10. The van der Waals surface area contributed by atoms with Gasteiger partial charge in [-0.15, -0.1) is 0 Å². The van der Waals surface area contributed by atoms with E-state index in [0.717, 1.165) is 17.6 Å². The van der Waals surface area contributed by atoms with E-state index in [1.165, 1.54) is 45.1 Å². The average Bonchev–Trinajstić information content (AvgIpc) is 2.56. The summed E-state index contributed by atoms with van der Waals surface area (Å²) in [6, 6.07) is 8.36. The van der Waals surface area contributed by atoms with E-state index in [1.807, 2.05) is 19.9 Å². The standard InChI is InChI=1S/C22H32O4/c1-6-7-8-9-10-19-11-13-20(14-12-19)15-21(16(2)3)22(25-17(4)23)26-18(5)24/h11-16,22H,6-10H2,1-5H3. The zero-order chi connectivity index (χ0) is 19.5. The van der Waals surface area contributed by atoms with Crippen LogP contribution in [-0.4, -0.2) is 18.2 Å². The van der Waals surface area contributed by atoms with Gasteiger partial charge in [0.2, 0.25) is 0 Å². The highest BCUT2D eigenvalue weighted by Gasteiger charge is 2.23. The van der Waals surface area contributed by atoms with Gasteiger partial charge < -0.3 is 9.47 Å². The topological polar surface area (TPSA) is 52.6 Å². The molecule has 1 aromatic rings. The lowest BCUT2D eigenvalue weighted by Gasteiger charge is -2.22. The Morgan fingerprint density at radius 1 is 0.962 bits per heavy atom. The number of ether oxygens (including phenoxy) is 2. The molecule has 0 radical (unpaired) electrons. The number of carbonyl (C=O) groups is 2. The van der Waals surface area contributed by atoms with Crippen LogP contribution >= 0.6 is 0 Å². The molecule has 0 heterocycles. The fourth-order valence-corrected chi connectivity index (χ4v) is 2.70. The number of esters is 2. The van der Waals surface area contributed by atoms with Gasteiger partial charge in [0.15, 0.2) is 0 Å². The Bertz CT molecular complexity index is 583. The molecule has 26 heavy (non-hydrogen) atoms. The minimum absolute atomic E-state index is 0.0624. The van der Waals surface area contributed by atoms with Crippen LogP contribution in [0.15, 0.2) is 29.8 Å². The Hall–Kier alpha value is -2.10. The summed E-state index contributed by atoms with van der Waals surface area (Å²) in [6.45, 7) is 8.79. The van der Waals surface area contributed by atoms with Crippen LogP contribution in [0.3, 0.4) is 0 Å². The molecule has 4 nitrogen and oxygen atoms in total. The lowest BCUT2D eigenvalue weighted by molar-refractivity contribution is -0.178. The van der Waals surface area contributed by atoms with Gasteiger partial charge in [0.1, 0.15) is 0 Å². The highest BCUT2D eigenvalue weighted by molar-refractivity contribution is 5.69. The van der Waals surface area contributed by atoms with E-state index in [-0.39, 0.29) is 5.92 Å². The van der Waals surface area contributed by atoms with Crippen LogP contribution in [-0.2, 0) is 25.5 Å². The lowest BCUT2D eigenvalue weighted by Crippen LogP contribution is -2.26. The Morgan fingerprint density at radius 2 is 1.54 bits per heavy atom. The molecule has 0 aliphatic carbocycles. The van der Waals surface area contributed by atoms with Crippen molar-refractivity contribution in [2.75, 3.05) is 0 Å². The van der Waals surface area contributed by atoms with Crippen molar-refractivity contribution in [2.24, 2.45) is 5.92 Å². The molecule has 0 N–H and O–H groups in total. The molecule has 4 heteroatoms. The molecule has 0 amide bonds. The van der Waals surface area contributed by atoms with E-state index in [4.69, 9.17) is 9.47 Å². The Balaban J connectivity index is 2.91. The highest BCUT2D eigenvalue weighted by atomic mass is 16.7. The van der Waals surface area contributed by atoms with Gasteiger partial charge >= 0.3 is 11.9 Å². The third kappa shape index (κ3) is 8.32. The molecule has 0 spiro atoms. The maximum atomic E-state index is 11.4. The van der Waals surface area contributed by atoms with Gasteiger partial charge in [0, 0.05) is 19.4 Å². The second-order valence-electron chi connectivity index (χ2n) is 6.90.